The third kappa shape index (κ3) is 8.28. The Kier molecular flexibility index (Phi) is 9.49. The maximum absolute atomic E-state index is 13.4. The van der Waals surface area contributed by atoms with Crippen molar-refractivity contribution in [3.8, 4) is 0 Å². The highest BCUT2D eigenvalue weighted by Gasteiger charge is 2.30. The molecule has 3 rings (SSSR count). The van der Waals surface area contributed by atoms with Gasteiger partial charge < -0.3 is 36.8 Å². The largest absolute Gasteiger partial charge is 0.480 e. The number of carbonyl (C=O) groups excluding carboxylic acids is 3. The van der Waals surface area contributed by atoms with Crippen molar-refractivity contribution in [2.45, 2.75) is 50.4 Å². The number of nitrogens with one attached hydrogen (secondary N) is 5. The monoisotopic (exact) mass is 510 g/mol. The van der Waals surface area contributed by atoms with Crippen molar-refractivity contribution in [1.29, 1.82) is 0 Å². The Morgan fingerprint density at radius 2 is 1.38 bits per heavy atom. The van der Waals surface area contributed by atoms with Crippen molar-refractivity contribution in [3.63, 3.8) is 0 Å². The van der Waals surface area contributed by atoms with Gasteiger partial charge in [-0.05, 0) is 12.5 Å². The van der Waals surface area contributed by atoms with Gasteiger partial charge in [-0.2, -0.15) is 0 Å². The van der Waals surface area contributed by atoms with Crippen LogP contribution in [0.1, 0.15) is 23.9 Å². The van der Waals surface area contributed by atoms with Crippen LogP contribution in [-0.4, -0.2) is 72.9 Å². The van der Waals surface area contributed by atoms with Gasteiger partial charge in [-0.25, -0.2) is 9.97 Å². The summed E-state index contributed by atoms with van der Waals surface area (Å²) in [5.74, 6) is -3.10. The molecule has 4 atom stereocenters. The number of rotatable bonds is 13. The normalized spacial score (nSPS) is 14.1. The van der Waals surface area contributed by atoms with Crippen molar-refractivity contribution in [3.05, 3.63) is 72.3 Å². The third-order valence-electron chi connectivity index (χ3n) is 5.59. The van der Waals surface area contributed by atoms with Crippen molar-refractivity contribution < 1.29 is 24.3 Å². The molecule has 0 bridgehead atoms. The van der Waals surface area contributed by atoms with E-state index in [0.717, 1.165) is 5.56 Å². The average molecular weight is 511 g/mol. The van der Waals surface area contributed by atoms with Gasteiger partial charge in [0.1, 0.15) is 18.1 Å². The van der Waals surface area contributed by atoms with Crippen LogP contribution in [0.25, 0.3) is 0 Å². The predicted octanol–water partition coefficient (Wildman–Crippen LogP) is -0.953. The number of aromatic amines is 2. The van der Waals surface area contributed by atoms with E-state index in [1.165, 1.54) is 25.8 Å². The number of benzene rings is 1. The zero-order valence-corrected chi connectivity index (χ0v) is 20.2. The van der Waals surface area contributed by atoms with Crippen LogP contribution in [0.4, 0.5) is 0 Å². The van der Waals surface area contributed by atoms with Crippen LogP contribution >= 0.6 is 0 Å². The van der Waals surface area contributed by atoms with E-state index in [4.69, 9.17) is 10.8 Å². The van der Waals surface area contributed by atoms with Crippen LogP contribution in [0.3, 0.4) is 0 Å². The van der Waals surface area contributed by atoms with Crippen molar-refractivity contribution in [1.82, 2.24) is 35.9 Å². The number of carbonyl (C=O) groups is 4. The van der Waals surface area contributed by atoms with Crippen LogP contribution in [-0.2, 0) is 38.4 Å². The van der Waals surface area contributed by atoms with Crippen LogP contribution in [0.2, 0.25) is 0 Å². The van der Waals surface area contributed by atoms with E-state index in [2.05, 4.69) is 35.9 Å². The zero-order valence-electron chi connectivity index (χ0n) is 20.2. The lowest BCUT2D eigenvalue weighted by atomic mass is 10.0. The topological polar surface area (TPSA) is 208 Å². The van der Waals surface area contributed by atoms with E-state index >= 15 is 0 Å². The smallest absolute Gasteiger partial charge is 0.325 e. The zero-order chi connectivity index (χ0) is 26.8. The predicted molar refractivity (Wildman–Crippen MR) is 132 cm³/mol. The number of carboxylic acid groups (broad SMARTS) is 1. The first-order chi connectivity index (χ1) is 17.7. The van der Waals surface area contributed by atoms with E-state index in [1.807, 2.05) is 6.07 Å². The molecule has 0 saturated heterocycles. The van der Waals surface area contributed by atoms with E-state index in [-0.39, 0.29) is 19.3 Å². The minimum Gasteiger partial charge on any atom is -0.480 e. The Labute approximate surface area is 212 Å². The number of imidazole rings is 2. The Morgan fingerprint density at radius 3 is 1.95 bits per heavy atom. The molecule has 0 fully saturated rings. The molecule has 13 nitrogen and oxygen atoms in total. The van der Waals surface area contributed by atoms with Gasteiger partial charge in [0.2, 0.25) is 17.7 Å². The molecule has 13 heteroatoms. The van der Waals surface area contributed by atoms with Crippen LogP contribution in [0.15, 0.2) is 55.4 Å². The first kappa shape index (κ1) is 27.1. The molecule has 0 aliphatic rings. The highest BCUT2D eigenvalue weighted by Crippen LogP contribution is 2.07. The fraction of sp³-hybridized carbons (Fsp3) is 0.333. The van der Waals surface area contributed by atoms with Crippen LogP contribution < -0.4 is 21.7 Å². The number of amides is 3. The highest BCUT2D eigenvalue weighted by atomic mass is 16.4. The molecule has 0 spiro atoms. The van der Waals surface area contributed by atoms with Gasteiger partial charge in [0.25, 0.3) is 0 Å². The number of hydrogen-bond acceptors (Lipinski definition) is 7. The van der Waals surface area contributed by atoms with Gasteiger partial charge in [0.15, 0.2) is 0 Å². The number of hydrogen-bond donors (Lipinski definition) is 7. The van der Waals surface area contributed by atoms with Gasteiger partial charge in [-0.1, -0.05) is 30.3 Å². The quantitative estimate of drug-likeness (QED) is 0.152. The summed E-state index contributed by atoms with van der Waals surface area (Å²) in [5, 5.41) is 16.9. The minimum absolute atomic E-state index is 0.0231. The Hall–Kier alpha value is -4.52. The molecule has 4 unspecified atom stereocenters. The lowest BCUT2D eigenvalue weighted by Gasteiger charge is -2.24. The number of nitrogens with zero attached hydrogens (tertiary/aromatic N) is 2. The second-order valence-corrected chi connectivity index (χ2v) is 8.55. The molecule has 3 amide bonds. The molecule has 0 radical (unpaired) electrons. The molecule has 0 saturated carbocycles. The minimum atomic E-state index is -1.22. The molecule has 2 heterocycles. The molecule has 3 aromatic rings. The van der Waals surface area contributed by atoms with E-state index < -0.39 is 47.9 Å². The summed E-state index contributed by atoms with van der Waals surface area (Å²) in [4.78, 5) is 63.9. The number of nitrogens with two attached hydrogens (primary N) is 1. The van der Waals surface area contributed by atoms with Gasteiger partial charge in [0, 0.05) is 43.0 Å². The summed E-state index contributed by atoms with van der Waals surface area (Å²) >= 11 is 0. The number of H-pyrrole nitrogens is 2. The van der Waals surface area contributed by atoms with Gasteiger partial charge in [-0.3, -0.25) is 19.2 Å². The number of carboxylic acids is 1. The molecule has 1 aromatic carbocycles. The molecule has 37 heavy (non-hydrogen) atoms. The van der Waals surface area contributed by atoms with E-state index in [9.17, 15) is 19.2 Å². The lowest BCUT2D eigenvalue weighted by molar-refractivity contribution is -0.141. The summed E-state index contributed by atoms with van der Waals surface area (Å²) in [7, 11) is 0. The molecule has 0 aliphatic carbocycles. The Bertz CT molecular complexity index is 1170. The summed E-state index contributed by atoms with van der Waals surface area (Å²) in [6, 6.07) is 4.73. The summed E-state index contributed by atoms with van der Waals surface area (Å²) in [6.45, 7) is 1.31. The first-order valence-electron chi connectivity index (χ1n) is 11.6. The average Bonchev–Trinajstić information content (AvgIpc) is 3.58. The Morgan fingerprint density at radius 1 is 0.838 bits per heavy atom. The molecule has 8 N–H and O–H groups in total. The van der Waals surface area contributed by atoms with E-state index in [0.29, 0.717) is 11.4 Å². The maximum Gasteiger partial charge on any atom is 0.325 e. The highest BCUT2D eigenvalue weighted by molar-refractivity contribution is 5.94. The number of aromatic nitrogens is 4. The third-order valence-corrected chi connectivity index (χ3v) is 5.59. The molecule has 0 aliphatic heterocycles. The summed E-state index contributed by atoms with van der Waals surface area (Å²) in [5.41, 5.74) is 8.04. The summed E-state index contributed by atoms with van der Waals surface area (Å²) in [6.07, 6.45) is 6.29. The van der Waals surface area contributed by atoms with Crippen molar-refractivity contribution >= 4 is 23.7 Å². The maximum atomic E-state index is 13.4. The fourth-order valence-corrected chi connectivity index (χ4v) is 3.54. The standard InChI is InChI=1S/C24H30N8O5/c1-14(24(36)37)30-22(34)20(9-17-11-27-13-29-17)32-23(35)19(7-15-5-3-2-4-6-15)31-21(33)18(25)8-16-10-26-12-28-16/h2-6,10-14,18-20H,7-9,25H2,1H3,(H,26,28)(H,27,29)(H,30,34)(H,31,33)(H,32,35)(H,36,37). The van der Waals surface area contributed by atoms with Crippen molar-refractivity contribution in [2.75, 3.05) is 0 Å². The van der Waals surface area contributed by atoms with Crippen LogP contribution in [0, 0.1) is 0 Å². The molecule has 196 valence electrons. The van der Waals surface area contributed by atoms with Gasteiger partial charge in [0.05, 0.1) is 18.7 Å². The lowest BCUT2D eigenvalue weighted by Crippen LogP contribution is -2.58. The SMILES string of the molecule is CC(NC(=O)C(Cc1cnc[nH]1)NC(=O)C(Cc1ccccc1)NC(=O)C(N)Cc1cnc[nH]1)C(=O)O. The Balaban J connectivity index is 1.77. The first-order valence-corrected chi connectivity index (χ1v) is 11.6. The molecular formula is C24H30N8O5. The van der Waals surface area contributed by atoms with Gasteiger partial charge in [-0.15, -0.1) is 0 Å². The fourth-order valence-electron chi connectivity index (χ4n) is 3.54. The van der Waals surface area contributed by atoms with Crippen molar-refractivity contribution in [2.24, 2.45) is 5.73 Å². The second-order valence-electron chi connectivity index (χ2n) is 8.55. The summed E-state index contributed by atoms with van der Waals surface area (Å²) < 4.78 is 0. The second kappa shape index (κ2) is 13.0. The molecule has 2 aromatic heterocycles. The molecular weight excluding hydrogens is 480 g/mol. The van der Waals surface area contributed by atoms with E-state index in [1.54, 1.807) is 30.5 Å². The van der Waals surface area contributed by atoms with Gasteiger partial charge >= 0.3 is 5.97 Å². The van der Waals surface area contributed by atoms with Crippen LogP contribution in [0.5, 0.6) is 0 Å². The number of aliphatic carboxylic acids is 1.